The second-order valence-electron chi connectivity index (χ2n) is 5.61. The summed E-state index contributed by atoms with van der Waals surface area (Å²) in [5.41, 5.74) is 1.26. The van der Waals surface area contributed by atoms with Crippen molar-refractivity contribution in [2.24, 2.45) is 5.92 Å². The molecule has 0 aromatic carbocycles. The van der Waals surface area contributed by atoms with Gasteiger partial charge in [0.25, 0.3) is 0 Å². The maximum atomic E-state index is 4.83. The maximum Gasteiger partial charge on any atom is 0.195 e. The highest BCUT2D eigenvalue weighted by molar-refractivity contribution is 7.15. The lowest BCUT2D eigenvalue weighted by Gasteiger charge is -2.29. The minimum Gasteiger partial charge on any atom is -0.352 e. The zero-order chi connectivity index (χ0) is 14.0. The lowest BCUT2D eigenvalue weighted by atomic mass is 10.1. The molecule has 106 valence electrons. The number of fused-ring (bicyclic) bond motifs is 1. The molecular weight excluding hydrogens is 256 g/mol. The molecule has 2 heterocycles. The van der Waals surface area contributed by atoms with E-state index in [9.17, 15) is 0 Å². The SMILES string of the molecule is CNCc1c(N(CC(C)C)C(C)C)nc2sccn12. The molecule has 2 aromatic heterocycles. The lowest BCUT2D eigenvalue weighted by molar-refractivity contribution is 0.564. The van der Waals surface area contributed by atoms with E-state index < -0.39 is 0 Å². The van der Waals surface area contributed by atoms with Gasteiger partial charge in [-0.2, -0.15) is 0 Å². The quantitative estimate of drug-likeness (QED) is 0.883. The third-order valence-electron chi connectivity index (χ3n) is 3.14. The summed E-state index contributed by atoms with van der Waals surface area (Å²) in [6.45, 7) is 10.9. The fourth-order valence-corrected chi connectivity index (χ4v) is 3.05. The Hall–Kier alpha value is -1.07. The first kappa shape index (κ1) is 14.3. The minimum atomic E-state index is 0.461. The Morgan fingerprint density at radius 3 is 2.68 bits per heavy atom. The van der Waals surface area contributed by atoms with Gasteiger partial charge < -0.3 is 10.2 Å². The van der Waals surface area contributed by atoms with Crippen LogP contribution in [-0.4, -0.2) is 29.0 Å². The number of nitrogens with one attached hydrogen (secondary N) is 1. The highest BCUT2D eigenvalue weighted by atomic mass is 32.1. The molecule has 5 heteroatoms. The van der Waals surface area contributed by atoms with Crippen LogP contribution in [0.1, 0.15) is 33.4 Å². The van der Waals surface area contributed by atoms with Crippen molar-refractivity contribution in [1.29, 1.82) is 0 Å². The average molecular weight is 280 g/mol. The molecule has 0 saturated heterocycles. The Labute approximate surface area is 119 Å². The fourth-order valence-electron chi connectivity index (χ4n) is 2.32. The highest BCUT2D eigenvalue weighted by Crippen LogP contribution is 2.26. The van der Waals surface area contributed by atoms with E-state index >= 15 is 0 Å². The first-order valence-corrected chi connectivity index (χ1v) is 7.78. The Morgan fingerprint density at radius 2 is 2.11 bits per heavy atom. The first-order valence-electron chi connectivity index (χ1n) is 6.90. The number of aromatic nitrogens is 2. The molecule has 0 spiro atoms. The molecule has 0 aliphatic carbocycles. The van der Waals surface area contributed by atoms with E-state index in [0.717, 1.165) is 23.9 Å². The second kappa shape index (κ2) is 5.92. The largest absolute Gasteiger partial charge is 0.352 e. The van der Waals surface area contributed by atoms with Crippen LogP contribution in [-0.2, 0) is 6.54 Å². The summed E-state index contributed by atoms with van der Waals surface area (Å²) in [5, 5.41) is 5.35. The van der Waals surface area contributed by atoms with E-state index in [-0.39, 0.29) is 0 Å². The minimum absolute atomic E-state index is 0.461. The molecule has 4 nitrogen and oxygen atoms in total. The second-order valence-corrected chi connectivity index (χ2v) is 6.48. The van der Waals surface area contributed by atoms with Crippen LogP contribution in [0, 0.1) is 5.92 Å². The standard InChI is InChI=1S/C14H24N4S/c1-10(2)9-18(11(3)4)13-12(8-15-5)17-6-7-19-14(17)16-13/h6-7,10-11,15H,8-9H2,1-5H3. The summed E-state index contributed by atoms with van der Waals surface area (Å²) < 4.78 is 2.20. The van der Waals surface area contributed by atoms with Crippen LogP contribution < -0.4 is 10.2 Å². The van der Waals surface area contributed by atoms with Gasteiger partial charge in [0.2, 0.25) is 0 Å². The molecular formula is C14H24N4S. The zero-order valence-corrected chi connectivity index (χ0v) is 13.3. The number of nitrogens with zero attached hydrogens (tertiary/aromatic N) is 3. The molecule has 0 radical (unpaired) electrons. The van der Waals surface area contributed by atoms with Crippen LogP contribution in [0.3, 0.4) is 0 Å². The van der Waals surface area contributed by atoms with Gasteiger partial charge in [-0.05, 0) is 26.8 Å². The van der Waals surface area contributed by atoms with Crippen molar-refractivity contribution in [2.75, 3.05) is 18.5 Å². The first-order chi connectivity index (χ1) is 9.04. The van der Waals surface area contributed by atoms with Gasteiger partial charge in [0.15, 0.2) is 10.8 Å². The third kappa shape index (κ3) is 2.92. The topological polar surface area (TPSA) is 32.6 Å². The lowest BCUT2D eigenvalue weighted by Crippen LogP contribution is -2.35. The molecule has 1 N–H and O–H groups in total. The van der Waals surface area contributed by atoms with Crippen LogP contribution in [0.5, 0.6) is 0 Å². The van der Waals surface area contributed by atoms with E-state index in [1.54, 1.807) is 11.3 Å². The van der Waals surface area contributed by atoms with Crippen LogP contribution in [0.25, 0.3) is 4.96 Å². The van der Waals surface area contributed by atoms with E-state index in [2.05, 4.69) is 53.9 Å². The summed E-state index contributed by atoms with van der Waals surface area (Å²) in [6.07, 6.45) is 2.11. The van der Waals surface area contributed by atoms with Crippen molar-refractivity contribution in [3.8, 4) is 0 Å². The molecule has 0 atom stereocenters. The number of anilines is 1. The third-order valence-corrected chi connectivity index (χ3v) is 3.90. The molecule has 0 aliphatic rings. The van der Waals surface area contributed by atoms with Gasteiger partial charge in [-0.25, -0.2) is 4.98 Å². The normalized spacial score (nSPS) is 11.9. The summed E-state index contributed by atoms with van der Waals surface area (Å²) >= 11 is 1.69. The summed E-state index contributed by atoms with van der Waals surface area (Å²) in [4.78, 5) is 8.33. The molecule has 0 amide bonds. The van der Waals surface area contributed by atoms with Gasteiger partial charge >= 0.3 is 0 Å². The smallest absolute Gasteiger partial charge is 0.195 e. The van der Waals surface area contributed by atoms with Gasteiger partial charge in [0.05, 0.1) is 5.69 Å². The van der Waals surface area contributed by atoms with Crippen molar-refractivity contribution < 1.29 is 0 Å². The van der Waals surface area contributed by atoms with Gasteiger partial charge in [-0.1, -0.05) is 13.8 Å². The van der Waals surface area contributed by atoms with E-state index in [1.165, 1.54) is 5.69 Å². The predicted molar refractivity (Wildman–Crippen MR) is 83.2 cm³/mol. The van der Waals surface area contributed by atoms with E-state index in [0.29, 0.717) is 12.0 Å². The Bertz CT molecular complexity index is 527. The fraction of sp³-hybridized carbons (Fsp3) is 0.643. The van der Waals surface area contributed by atoms with Crippen LogP contribution in [0.2, 0.25) is 0 Å². The monoisotopic (exact) mass is 280 g/mol. The molecule has 2 rings (SSSR count). The van der Waals surface area contributed by atoms with Crippen molar-refractivity contribution in [1.82, 2.24) is 14.7 Å². The Balaban J connectivity index is 2.45. The molecule has 0 aliphatic heterocycles. The number of imidazole rings is 1. The van der Waals surface area contributed by atoms with Gasteiger partial charge in [-0.15, -0.1) is 11.3 Å². The van der Waals surface area contributed by atoms with Gasteiger partial charge in [-0.3, -0.25) is 4.40 Å². The number of thiazole rings is 1. The molecule has 2 aromatic rings. The van der Waals surface area contributed by atoms with Gasteiger partial charge in [0.1, 0.15) is 0 Å². The number of hydrogen-bond acceptors (Lipinski definition) is 4. The average Bonchev–Trinajstić information content (AvgIpc) is 2.88. The molecule has 0 bridgehead atoms. The van der Waals surface area contributed by atoms with Crippen molar-refractivity contribution in [2.45, 2.75) is 40.3 Å². The van der Waals surface area contributed by atoms with Gasteiger partial charge in [0, 0.05) is 30.7 Å². The van der Waals surface area contributed by atoms with Crippen molar-refractivity contribution in [3.63, 3.8) is 0 Å². The van der Waals surface area contributed by atoms with E-state index in [1.807, 2.05) is 7.05 Å². The zero-order valence-electron chi connectivity index (χ0n) is 12.5. The predicted octanol–water partition coefficient (Wildman–Crippen LogP) is 2.99. The molecule has 0 saturated carbocycles. The van der Waals surface area contributed by atoms with Crippen LogP contribution in [0.4, 0.5) is 5.82 Å². The number of hydrogen-bond donors (Lipinski definition) is 1. The Kier molecular flexibility index (Phi) is 4.47. The maximum absolute atomic E-state index is 4.83. The molecule has 19 heavy (non-hydrogen) atoms. The van der Waals surface area contributed by atoms with Crippen LogP contribution >= 0.6 is 11.3 Å². The summed E-state index contributed by atoms with van der Waals surface area (Å²) in [6, 6.07) is 0.461. The van der Waals surface area contributed by atoms with Crippen LogP contribution in [0.15, 0.2) is 11.6 Å². The molecule has 0 fully saturated rings. The van der Waals surface area contributed by atoms with E-state index in [4.69, 9.17) is 4.98 Å². The number of rotatable bonds is 6. The summed E-state index contributed by atoms with van der Waals surface area (Å²) in [5.74, 6) is 1.76. The summed E-state index contributed by atoms with van der Waals surface area (Å²) in [7, 11) is 1.98. The Morgan fingerprint density at radius 1 is 1.37 bits per heavy atom. The highest BCUT2D eigenvalue weighted by Gasteiger charge is 2.21. The van der Waals surface area contributed by atoms with Crippen molar-refractivity contribution >= 4 is 22.1 Å². The molecule has 0 unspecified atom stereocenters. The van der Waals surface area contributed by atoms with Crippen molar-refractivity contribution in [3.05, 3.63) is 17.3 Å².